The van der Waals surface area contributed by atoms with Crippen LogP contribution in [-0.2, 0) is 9.63 Å². The third kappa shape index (κ3) is 4.71. The molecule has 4 aromatic rings. The maximum absolute atomic E-state index is 12.4. The summed E-state index contributed by atoms with van der Waals surface area (Å²) in [5.41, 5.74) is 2.50. The van der Waals surface area contributed by atoms with Gasteiger partial charge in [0, 0.05) is 16.0 Å². The van der Waals surface area contributed by atoms with E-state index in [2.05, 4.69) is 16.5 Å². The number of carbonyl (C=O) groups excluding carboxylic acids is 1. The minimum atomic E-state index is -0.479. The van der Waals surface area contributed by atoms with Crippen LogP contribution in [0.15, 0.2) is 87.7 Å². The van der Waals surface area contributed by atoms with E-state index in [1.165, 1.54) is 17.6 Å². The molecule has 0 aliphatic carbocycles. The molecule has 0 saturated heterocycles. The molecule has 152 valence electrons. The minimum Gasteiger partial charge on any atom is -0.438 e. The third-order valence-electron chi connectivity index (χ3n) is 4.36. The molecule has 2 aromatic heterocycles. The molecule has 6 nitrogen and oxygen atoms in total. The van der Waals surface area contributed by atoms with E-state index < -0.39 is 5.91 Å². The van der Waals surface area contributed by atoms with Crippen molar-refractivity contribution in [1.82, 2.24) is 0 Å². The molecule has 1 N–H and O–H groups in total. The molecule has 2 heterocycles. The van der Waals surface area contributed by atoms with Crippen molar-refractivity contribution in [3.8, 4) is 28.5 Å². The summed E-state index contributed by atoms with van der Waals surface area (Å²) in [7, 11) is 0. The van der Waals surface area contributed by atoms with Gasteiger partial charge in [0.25, 0.3) is 5.91 Å². The Morgan fingerprint density at radius 2 is 1.77 bits per heavy atom. The predicted octanol–water partition coefficient (Wildman–Crippen LogP) is 5.54. The highest BCUT2D eigenvalue weighted by Gasteiger charge is 2.24. The van der Waals surface area contributed by atoms with Crippen LogP contribution >= 0.6 is 11.3 Å². The molecule has 0 aliphatic heterocycles. The average molecular weight is 427 g/mol. The minimum absolute atomic E-state index is 0.0797. The summed E-state index contributed by atoms with van der Waals surface area (Å²) >= 11 is 1.51. The maximum atomic E-state index is 12.4. The number of furan rings is 1. The van der Waals surface area contributed by atoms with Gasteiger partial charge in [-0.3, -0.25) is 10.1 Å². The number of thiophene rings is 1. The number of oxime groups is 1. The monoisotopic (exact) mass is 427 g/mol. The Hall–Kier alpha value is -4.15. The van der Waals surface area contributed by atoms with Crippen molar-refractivity contribution >= 4 is 29.3 Å². The Labute approximate surface area is 183 Å². The first-order valence-electron chi connectivity index (χ1n) is 9.42. The number of hydrogen-bond donors (Lipinski definition) is 1. The standard InChI is InChI=1S/C24H17N3O3S/c25-14-20-22(17-8-3-1-4-9-17)23(18-10-5-2-6-11-18)30-24(20)27-21(28)16-29-26-15-19-12-7-13-31-19/h1-13,15H,16H2,(H,27,28)/b26-15-. The van der Waals surface area contributed by atoms with Crippen LogP contribution in [0.2, 0.25) is 0 Å². The van der Waals surface area contributed by atoms with Crippen LogP contribution < -0.4 is 5.32 Å². The predicted molar refractivity (Wildman–Crippen MR) is 121 cm³/mol. The largest absolute Gasteiger partial charge is 0.438 e. The fourth-order valence-corrected chi connectivity index (χ4v) is 3.59. The van der Waals surface area contributed by atoms with Gasteiger partial charge in [-0.2, -0.15) is 5.26 Å². The summed E-state index contributed by atoms with van der Waals surface area (Å²) in [5, 5.41) is 18.2. The Morgan fingerprint density at radius 1 is 1.06 bits per heavy atom. The number of benzene rings is 2. The normalized spacial score (nSPS) is 10.7. The van der Waals surface area contributed by atoms with E-state index in [4.69, 9.17) is 9.25 Å². The van der Waals surface area contributed by atoms with Gasteiger partial charge in [-0.1, -0.05) is 71.9 Å². The van der Waals surface area contributed by atoms with Gasteiger partial charge in [0.15, 0.2) is 6.61 Å². The lowest BCUT2D eigenvalue weighted by molar-refractivity contribution is -0.120. The molecule has 2 aromatic carbocycles. The lowest BCUT2D eigenvalue weighted by Crippen LogP contribution is -2.17. The highest BCUT2D eigenvalue weighted by molar-refractivity contribution is 7.11. The van der Waals surface area contributed by atoms with Crippen LogP contribution in [-0.4, -0.2) is 18.7 Å². The molecule has 0 unspecified atom stereocenters. The maximum Gasteiger partial charge on any atom is 0.267 e. The van der Waals surface area contributed by atoms with E-state index in [9.17, 15) is 10.1 Å². The Morgan fingerprint density at radius 3 is 2.42 bits per heavy atom. The van der Waals surface area contributed by atoms with Gasteiger partial charge in [-0.25, -0.2) is 0 Å². The van der Waals surface area contributed by atoms with Crippen molar-refractivity contribution in [2.45, 2.75) is 0 Å². The van der Waals surface area contributed by atoms with Gasteiger partial charge in [0.05, 0.1) is 6.21 Å². The van der Waals surface area contributed by atoms with Gasteiger partial charge in [0.1, 0.15) is 17.4 Å². The Bertz CT molecular complexity index is 1220. The van der Waals surface area contributed by atoms with Crippen molar-refractivity contribution in [2.75, 3.05) is 11.9 Å². The van der Waals surface area contributed by atoms with E-state index in [-0.39, 0.29) is 18.1 Å². The molecule has 4 rings (SSSR count). The lowest BCUT2D eigenvalue weighted by atomic mass is 9.98. The number of carbonyl (C=O) groups is 1. The molecule has 0 saturated carbocycles. The van der Waals surface area contributed by atoms with Crippen LogP contribution in [0.4, 0.5) is 5.88 Å². The molecule has 0 spiro atoms. The first kappa shape index (κ1) is 20.1. The molecule has 7 heteroatoms. The van der Waals surface area contributed by atoms with E-state index in [0.717, 1.165) is 16.0 Å². The quantitative estimate of drug-likeness (QED) is 0.310. The summed E-state index contributed by atoms with van der Waals surface area (Å²) in [5.74, 6) is 0.110. The van der Waals surface area contributed by atoms with E-state index in [0.29, 0.717) is 11.3 Å². The zero-order valence-corrected chi connectivity index (χ0v) is 17.1. The topological polar surface area (TPSA) is 87.6 Å². The first-order valence-corrected chi connectivity index (χ1v) is 10.3. The third-order valence-corrected chi connectivity index (χ3v) is 5.17. The lowest BCUT2D eigenvalue weighted by Gasteiger charge is -2.03. The summed E-state index contributed by atoms with van der Waals surface area (Å²) in [4.78, 5) is 18.3. The van der Waals surface area contributed by atoms with Crippen LogP contribution in [0.3, 0.4) is 0 Å². The molecule has 0 radical (unpaired) electrons. The Kier molecular flexibility index (Phi) is 6.21. The van der Waals surface area contributed by atoms with Gasteiger partial charge >= 0.3 is 0 Å². The zero-order chi connectivity index (χ0) is 21.5. The summed E-state index contributed by atoms with van der Waals surface area (Å²) in [6.45, 7) is -0.311. The first-order chi connectivity index (χ1) is 15.3. The molecule has 0 bridgehead atoms. The second-order valence-corrected chi connectivity index (χ2v) is 7.40. The number of hydrogen-bond acceptors (Lipinski definition) is 6. The molecule has 1 amide bonds. The summed E-state index contributed by atoms with van der Waals surface area (Å²) < 4.78 is 5.97. The van der Waals surface area contributed by atoms with E-state index >= 15 is 0 Å². The van der Waals surface area contributed by atoms with Crippen molar-refractivity contribution in [3.05, 3.63) is 88.6 Å². The SMILES string of the molecule is N#Cc1c(NC(=O)CO/N=C\c2cccs2)oc(-c2ccccc2)c1-c1ccccc1. The number of nitriles is 1. The van der Waals surface area contributed by atoms with E-state index in [1.807, 2.05) is 78.2 Å². The summed E-state index contributed by atoms with van der Waals surface area (Å²) in [6, 6.07) is 24.9. The van der Waals surface area contributed by atoms with Crippen LogP contribution in [0.5, 0.6) is 0 Å². The summed E-state index contributed by atoms with van der Waals surface area (Å²) in [6.07, 6.45) is 1.53. The van der Waals surface area contributed by atoms with Crippen LogP contribution in [0.1, 0.15) is 10.4 Å². The molecular weight excluding hydrogens is 410 g/mol. The molecule has 0 fully saturated rings. The molecule has 0 aliphatic rings. The average Bonchev–Trinajstić information content (AvgIpc) is 3.45. The molecule has 31 heavy (non-hydrogen) atoms. The highest BCUT2D eigenvalue weighted by Crippen LogP contribution is 2.41. The number of amides is 1. The van der Waals surface area contributed by atoms with Gasteiger partial charge in [0.2, 0.25) is 5.88 Å². The van der Waals surface area contributed by atoms with Crippen molar-refractivity contribution in [3.63, 3.8) is 0 Å². The fraction of sp³-hybridized carbons (Fsp3) is 0.0417. The van der Waals surface area contributed by atoms with E-state index in [1.54, 1.807) is 0 Å². The number of anilines is 1. The zero-order valence-electron chi connectivity index (χ0n) is 16.3. The van der Waals surface area contributed by atoms with Crippen molar-refractivity contribution in [2.24, 2.45) is 5.16 Å². The number of rotatable bonds is 7. The van der Waals surface area contributed by atoms with Gasteiger partial charge in [-0.15, -0.1) is 11.3 Å². The second-order valence-electron chi connectivity index (χ2n) is 6.43. The highest BCUT2D eigenvalue weighted by atomic mass is 32.1. The van der Waals surface area contributed by atoms with Crippen LogP contribution in [0, 0.1) is 11.3 Å². The smallest absolute Gasteiger partial charge is 0.267 e. The van der Waals surface area contributed by atoms with Crippen LogP contribution in [0.25, 0.3) is 22.5 Å². The fourth-order valence-electron chi connectivity index (χ4n) is 3.01. The second kappa shape index (κ2) is 9.57. The van der Waals surface area contributed by atoms with Crippen molar-refractivity contribution in [1.29, 1.82) is 5.26 Å². The van der Waals surface area contributed by atoms with Gasteiger partial charge < -0.3 is 9.25 Å². The number of nitrogens with zero attached hydrogens (tertiary/aromatic N) is 2. The Balaban J connectivity index is 1.60. The van der Waals surface area contributed by atoms with Crippen molar-refractivity contribution < 1.29 is 14.0 Å². The molecular formula is C24H17N3O3S. The number of nitrogens with one attached hydrogen (secondary N) is 1. The molecule has 0 atom stereocenters. The van der Waals surface area contributed by atoms with Gasteiger partial charge in [-0.05, 0) is 17.0 Å².